The Labute approximate surface area is 264 Å². The van der Waals surface area contributed by atoms with Gasteiger partial charge in [0.25, 0.3) is 0 Å². The van der Waals surface area contributed by atoms with Crippen molar-refractivity contribution in [2.45, 2.75) is 77.5 Å². The van der Waals surface area contributed by atoms with Gasteiger partial charge in [0.1, 0.15) is 17.6 Å². The largest absolute Gasteiger partial charge is 0.508 e. The van der Waals surface area contributed by atoms with Crippen molar-refractivity contribution >= 4 is 22.8 Å². The lowest BCUT2D eigenvalue weighted by Gasteiger charge is -2.38. The van der Waals surface area contributed by atoms with Crippen molar-refractivity contribution in [3.63, 3.8) is 0 Å². The molecule has 0 saturated heterocycles. The van der Waals surface area contributed by atoms with Crippen LogP contribution in [-0.4, -0.2) is 50.4 Å². The third-order valence-corrected chi connectivity index (χ3v) is 8.66. The summed E-state index contributed by atoms with van der Waals surface area (Å²) in [4.78, 5) is 38.1. The second-order valence-electron chi connectivity index (χ2n) is 12.2. The summed E-state index contributed by atoms with van der Waals surface area (Å²) < 4.78 is 0. The zero-order valence-electron chi connectivity index (χ0n) is 26.4. The average molecular weight is 609 g/mol. The van der Waals surface area contributed by atoms with Crippen LogP contribution in [0.2, 0.25) is 0 Å². The fourth-order valence-corrected chi connectivity index (χ4v) is 6.26. The van der Waals surface area contributed by atoms with Crippen LogP contribution in [0.1, 0.15) is 65.9 Å². The third-order valence-electron chi connectivity index (χ3n) is 8.66. The molecular weight excluding hydrogens is 564 g/mol. The lowest BCUT2D eigenvalue weighted by molar-refractivity contribution is -0.143. The van der Waals surface area contributed by atoms with E-state index in [0.29, 0.717) is 31.6 Å². The molecule has 4 aromatic rings. The fraction of sp³-hybridized carbons (Fsp3) is 0.361. The molecule has 9 heteroatoms. The zero-order valence-corrected chi connectivity index (χ0v) is 26.4. The van der Waals surface area contributed by atoms with E-state index in [1.807, 2.05) is 69.3 Å². The van der Waals surface area contributed by atoms with Crippen molar-refractivity contribution in [3.8, 4) is 5.75 Å². The Morgan fingerprint density at radius 1 is 1.09 bits per heavy atom. The Kier molecular flexibility index (Phi) is 9.88. The predicted octanol–water partition coefficient (Wildman–Crippen LogP) is 4.86. The SMILES string of the molecule is C=C(C)NCCCCC(NC(=O)C1Cc2ccccc2CN1C(=O)C(N)Cc1c(C)cc(O)cc1C)c1nc2ccccc2[nH]1. The highest BCUT2D eigenvalue weighted by Gasteiger charge is 2.37. The lowest BCUT2D eigenvalue weighted by Crippen LogP contribution is -2.57. The number of aryl methyl sites for hydroxylation is 2. The predicted molar refractivity (Wildman–Crippen MR) is 177 cm³/mol. The van der Waals surface area contributed by atoms with Crippen molar-refractivity contribution in [1.82, 2.24) is 25.5 Å². The molecule has 0 radical (unpaired) electrons. The van der Waals surface area contributed by atoms with Crippen LogP contribution in [0.5, 0.6) is 5.75 Å². The number of carbonyl (C=O) groups is 2. The van der Waals surface area contributed by atoms with Gasteiger partial charge in [0, 0.05) is 25.2 Å². The molecule has 3 atom stereocenters. The van der Waals surface area contributed by atoms with Crippen LogP contribution in [0, 0.1) is 13.8 Å². The van der Waals surface area contributed by atoms with Gasteiger partial charge in [-0.05, 0) is 98.5 Å². The molecule has 5 rings (SSSR count). The van der Waals surface area contributed by atoms with Crippen LogP contribution in [0.25, 0.3) is 11.0 Å². The number of aromatic hydroxyl groups is 1. The molecule has 0 aliphatic carbocycles. The highest BCUT2D eigenvalue weighted by molar-refractivity contribution is 5.91. The van der Waals surface area contributed by atoms with Gasteiger partial charge in [0.05, 0.1) is 23.1 Å². The zero-order chi connectivity index (χ0) is 32.1. The van der Waals surface area contributed by atoms with Gasteiger partial charge in [-0.1, -0.05) is 43.0 Å². The van der Waals surface area contributed by atoms with Crippen molar-refractivity contribution < 1.29 is 14.7 Å². The van der Waals surface area contributed by atoms with Gasteiger partial charge in [0.15, 0.2) is 0 Å². The first-order valence-corrected chi connectivity index (χ1v) is 15.7. The van der Waals surface area contributed by atoms with Gasteiger partial charge in [-0.15, -0.1) is 0 Å². The number of H-pyrrole nitrogens is 1. The number of amides is 2. The maximum atomic E-state index is 14.2. The second kappa shape index (κ2) is 14.0. The van der Waals surface area contributed by atoms with Crippen molar-refractivity contribution in [1.29, 1.82) is 0 Å². The summed E-state index contributed by atoms with van der Waals surface area (Å²) in [5.74, 6) is 0.376. The van der Waals surface area contributed by atoms with E-state index in [1.54, 1.807) is 17.0 Å². The molecule has 3 unspecified atom stereocenters. The van der Waals surface area contributed by atoms with Crippen LogP contribution in [0.3, 0.4) is 0 Å². The number of rotatable bonds is 12. The van der Waals surface area contributed by atoms with E-state index in [9.17, 15) is 14.7 Å². The fourth-order valence-electron chi connectivity index (χ4n) is 6.26. The Hall–Kier alpha value is -4.63. The maximum Gasteiger partial charge on any atom is 0.243 e. The number of imidazole rings is 1. The van der Waals surface area contributed by atoms with Gasteiger partial charge in [-0.2, -0.15) is 0 Å². The summed E-state index contributed by atoms with van der Waals surface area (Å²) in [5, 5.41) is 16.5. The molecule has 0 bridgehead atoms. The van der Waals surface area contributed by atoms with Crippen LogP contribution in [0.4, 0.5) is 0 Å². The second-order valence-corrected chi connectivity index (χ2v) is 12.2. The number of unbranched alkanes of at least 4 members (excludes halogenated alkanes) is 1. The maximum absolute atomic E-state index is 14.2. The molecule has 0 spiro atoms. The number of para-hydroxylation sites is 2. The molecular formula is C36H44N6O3. The molecule has 1 aromatic heterocycles. The lowest BCUT2D eigenvalue weighted by atomic mass is 9.91. The van der Waals surface area contributed by atoms with E-state index >= 15 is 0 Å². The molecule has 2 heterocycles. The molecule has 6 N–H and O–H groups in total. The summed E-state index contributed by atoms with van der Waals surface area (Å²) in [7, 11) is 0. The van der Waals surface area contributed by atoms with E-state index in [-0.39, 0.29) is 23.6 Å². The van der Waals surface area contributed by atoms with E-state index in [1.165, 1.54) is 0 Å². The molecule has 1 aliphatic rings. The minimum Gasteiger partial charge on any atom is -0.508 e. The van der Waals surface area contributed by atoms with Crippen LogP contribution >= 0.6 is 0 Å². The van der Waals surface area contributed by atoms with Gasteiger partial charge in [-0.3, -0.25) is 9.59 Å². The van der Waals surface area contributed by atoms with Crippen LogP contribution in [-0.2, 0) is 29.0 Å². The number of hydrogen-bond acceptors (Lipinski definition) is 6. The third kappa shape index (κ3) is 7.54. The number of carbonyl (C=O) groups excluding carboxylic acids is 2. The summed E-state index contributed by atoms with van der Waals surface area (Å²) in [6.07, 6.45) is 3.15. The number of aromatic amines is 1. The highest BCUT2D eigenvalue weighted by Crippen LogP contribution is 2.28. The molecule has 3 aromatic carbocycles. The van der Waals surface area contributed by atoms with Crippen molar-refractivity contribution in [3.05, 3.63) is 107 Å². The quantitative estimate of drug-likeness (QED) is 0.146. The number of benzene rings is 3. The van der Waals surface area contributed by atoms with Gasteiger partial charge < -0.3 is 31.4 Å². The van der Waals surface area contributed by atoms with E-state index in [2.05, 4.69) is 22.2 Å². The Morgan fingerprint density at radius 3 is 2.49 bits per heavy atom. The van der Waals surface area contributed by atoms with Crippen molar-refractivity contribution in [2.75, 3.05) is 6.54 Å². The molecule has 1 aliphatic heterocycles. The van der Waals surface area contributed by atoms with Gasteiger partial charge in [0.2, 0.25) is 11.8 Å². The van der Waals surface area contributed by atoms with E-state index in [4.69, 9.17) is 10.7 Å². The molecule has 236 valence electrons. The summed E-state index contributed by atoms with van der Waals surface area (Å²) in [6, 6.07) is 17.2. The number of aromatic nitrogens is 2. The topological polar surface area (TPSA) is 136 Å². The number of fused-ring (bicyclic) bond motifs is 2. The number of phenolic OH excluding ortho intramolecular Hbond substituents is 1. The monoisotopic (exact) mass is 608 g/mol. The number of nitrogens with zero attached hydrogens (tertiary/aromatic N) is 2. The molecule has 2 amide bonds. The van der Waals surface area contributed by atoms with Crippen LogP contribution in [0.15, 0.2) is 72.9 Å². The highest BCUT2D eigenvalue weighted by atomic mass is 16.3. The minimum absolute atomic E-state index is 0.184. The Balaban J connectivity index is 1.39. The summed E-state index contributed by atoms with van der Waals surface area (Å²) in [5.41, 5.74) is 14.0. The first kappa shape index (κ1) is 31.8. The van der Waals surface area contributed by atoms with Crippen LogP contribution < -0.4 is 16.4 Å². The standard InChI is InChI=1S/C36H44N6O3/c1-22(2)38-16-10-9-15-32(34-39-30-13-7-8-14-31(30)40-34)41-35(44)33-19-25-11-5-6-12-26(25)21-42(33)36(45)29(37)20-28-23(3)17-27(43)18-24(28)4/h5-8,11-14,17-18,29,32-33,38,43H,1,9-10,15-16,19-21,37H2,2-4H3,(H,39,40)(H,41,44). The number of allylic oxidation sites excluding steroid dienone is 1. The van der Waals surface area contributed by atoms with E-state index < -0.39 is 12.1 Å². The van der Waals surface area contributed by atoms with E-state index in [0.717, 1.165) is 63.9 Å². The van der Waals surface area contributed by atoms with Crippen molar-refractivity contribution in [2.24, 2.45) is 5.73 Å². The number of nitrogens with two attached hydrogens (primary N) is 1. The summed E-state index contributed by atoms with van der Waals surface area (Å²) in [6.45, 7) is 10.7. The Morgan fingerprint density at radius 2 is 1.78 bits per heavy atom. The Bertz CT molecular complexity index is 1640. The minimum atomic E-state index is -0.848. The number of phenols is 1. The average Bonchev–Trinajstić information content (AvgIpc) is 3.45. The normalized spacial score (nSPS) is 15.7. The molecule has 9 nitrogen and oxygen atoms in total. The van der Waals surface area contributed by atoms with Gasteiger partial charge in [-0.25, -0.2) is 4.98 Å². The molecule has 0 saturated carbocycles. The first-order chi connectivity index (χ1) is 21.6. The first-order valence-electron chi connectivity index (χ1n) is 15.7. The van der Waals surface area contributed by atoms with Gasteiger partial charge >= 0.3 is 0 Å². The number of nitrogens with one attached hydrogen (secondary N) is 3. The smallest absolute Gasteiger partial charge is 0.243 e. The number of hydrogen-bond donors (Lipinski definition) is 5. The molecule has 45 heavy (non-hydrogen) atoms. The molecule has 0 fully saturated rings. The summed E-state index contributed by atoms with van der Waals surface area (Å²) >= 11 is 0.